The topological polar surface area (TPSA) is 104 Å². The minimum atomic E-state index is -1.13. The van der Waals surface area contributed by atoms with Crippen LogP contribution in [-0.4, -0.2) is 17.1 Å². The zero-order valence-electron chi connectivity index (χ0n) is 18.4. The Labute approximate surface area is 220 Å². The van der Waals surface area contributed by atoms with Gasteiger partial charge in [0.05, 0.1) is 11.9 Å². The molecule has 0 aliphatic rings. The van der Waals surface area contributed by atoms with Gasteiger partial charge in [-0.05, 0) is 47.6 Å². The van der Waals surface area contributed by atoms with Gasteiger partial charge < -0.3 is 30.4 Å². The van der Waals surface area contributed by atoms with E-state index in [-0.39, 0.29) is 28.2 Å². The van der Waals surface area contributed by atoms with Gasteiger partial charge in [-0.15, -0.1) is 0 Å². The number of carboxylic acids is 2. The van der Waals surface area contributed by atoms with Crippen molar-refractivity contribution < 1.29 is 36.9 Å². The summed E-state index contributed by atoms with van der Waals surface area (Å²) >= 11 is 5.20. The zero-order valence-corrected chi connectivity index (χ0v) is 20.1. The van der Waals surface area contributed by atoms with E-state index in [1.54, 1.807) is 36.4 Å². The summed E-state index contributed by atoms with van der Waals surface area (Å²) in [5, 5.41) is 27.0. The van der Waals surface area contributed by atoms with Crippen molar-refractivity contribution in [2.75, 3.05) is 10.6 Å². The van der Waals surface area contributed by atoms with Crippen molar-refractivity contribution in [3.8, 4) is 0 Å². The molecule has 0 unspecified atom stereocenters. The van der Waals surface area contributed by atoms with Crippen molar-refractivity contribution in [1.82, 2.24) is 0 Å². The second kappa shape index (κ2) is 16.6. The van der Waals surface area contributed by atoms with E-state index in [2.05, 4.69) is 10.6 Å². The Morgan fingerprint density at radius 1 is 0.514 bits per heavy atom. The molecule has 0 aromatic heterocycles. The maximum Gasteiger partial charge on any atom is 2.00 e. The number of hydrogen-bond acceptors (Lipinski definition) is 5. The second-order valence-corrected chi connectivity index (χ2v) is 7.03. The molecule has 0 aliphatic carbocycles. The molecule has 4 aromatic rings. The van der Waals surface area contributed by atoms with Gasteiger partial charge in [0.25, 0.3) is 0 Å². The van der Waals surface area contributed by atoms with Crippen LogP contribution >= 0.6 is 12.2 Å². The molecule has 0 spiro atoms. The monoisotopic (exact) mass is 533 g/mol. The largest absolute Gasteiger partial charge is 2.00 e. The molecule has 181 valence electrons. The van der Waals surface area contributed by atoms with Gasteiger partial charge >= 0.3 is 17.1 Å². The molecule has 0 amide bonds. The predicted octanol–water partition coefficient (Wildman–Crippen LogP) is 3.59. The third-order valence-corrected chi connectivity index (χ3v) is 4.29. The van der Waals surface area contributed by atoms with Crippen molar-refractivity contribution in [3.05, 3.63) is 132 Å². The van der Waals surface area contributed by atoms with Gasteiger partial charge in [-0.25, -0.2) is 0 Å². The molecule has 2 N–H and O–H groups in total. The fourth-order valence-corrected chi connectivity index (χ4v) is 2.72. The number of aromatic carboxylic acids is 2. The Balaban J connectivity index is 0.000000278. The van der Waals surface area contributed by atoms with Crippen LogP contribution in [0.5, 0.6) is 0 Å². The number of thiocarbonyl (C=S) groups is 1. The number of para-hydroxylation sites is 2. The molecule has 0 atom stereocenters. The summed E-state index contributed by atoms with van der Waals surface area (Å²) in [6, 6.07) is 35.8. The van der Waals surface area contributed by atoms with E-state index in [4.69, 9.17) is 12.2 Å². The average Bonchev–Trinajstić information content (AvgIpc) is 2.87. The van der Waals surface area contributed by atoms with E-state index in [0.717, 1.165) is 11.4 Å². The van der Waals surface area contributed by atoms with Crippen LogP contribution in [0.4, 0.5) is 11.4 Å². The third-order valence-electron chi connectivity index (χ3n) is 4.08. The Hall–Kier alpha value is -3.97. The number of hydrogen-bond donors (Lipinski definition) is 2. The number of anilines is 2. The van der Waals surface area contributed by atoms with E-state index in [1.807, 2.05) is 60.7 Å². The van der Waals surface area contributed by atoms with Crippen molar-refractivity contribution >= 4 is 40.6 Å². The molecule has 1 radical (unpaired) electrons. The fraction of sp³-hybridized carbons (Fsp3) is 0. The van der Waals surface area contributed by atoms with Crippen LogP contribution in [0.3, 0.4) is 0 Å². The first kappa shape index (κ1) is 29.1. The quantitative estimate of drug-likeness (QED) is 0.305. The molecule has 35 heavy (non-hydrogen) atoms. The molecule has 8 heteroatoms. The second-order valence-electron chi connectivity index (χ2n) is 6.62. The molecule has 4 rings (SSSR count). The van der Waals surface area contributed by atoms with Crippen LogP contribution < -0.4 is 20.8 Å². The van der Waals surface area contributed by atoms with E-state index in [0.29, 0.717) is 5.11 Å². The molecular formula is C27H22CuN2O4S. The van der Waals surface area contributed by atoms with Crippen LogP contribution in [0, 0.1) is 0 Å². The molecule has 0 bridgehead atoms. The van der Waals surface area contributed by atoms with Crippen molar-refractivity contribution in [2.24, 2.45) is 0 Å². The van der Waals surface area contributed by atoms with E-state index in [1.165, 1.54) is 24.3 Å². The number of carboxylic acid groups (broad SMARTS) is 2. The van der Waals surface area contributed by atoms with Crippen LogP contribution in [0.25, 0.3) is 0 Å². The Morgan fingerprint density at radius 2 is 0.771 bits per heavy atom. The summed E-state index contributed by atoms with van der Waals surface area (Å²) in [6.07, 6.45) is 0. The SMILES string of the molecule is O=C([O-])c1ccccc1.O=C([O-])c1ccccc1.S=C(Nc1ccccc1)Nc1ccccc1.[Cu+2]. The van der Waals surface area contributed by atoms with Crippen LogP contribution in [0.2, 0.25) is 0 Å². The normalized spacial score (nSPS) is 8.91. The molecule has 0 saturated carbocycles. The smallest absolute Gasteiger partial charge is 0.545 e. The third kappa shape index (κ3) is 12.2. The maximum atomic E-state index is 10.1. The Morgan fingerprint density at radius 3 is 1.00 bits per heavy atom. The summed E-state index contributed by atoms with van der Waals surface area (Å²) in [5.41, 5.74) is 2.40. The molecule has 0 heterocycles. The molecular weight excluding hydrogens is 512 g/mol. The van der Waals surface area contributed by atoms with Gasteiger partial charge in [0.1, 0.15) is 0 Å². The first-order valence-corrected chi connectivity index (χ1v) is 10.6. The Bertz CT molecular complexity index is 1070. The van der Waals surface area contributed by atoms with Crippen molar-refractivity contribution in [3.63, 3.8) is 0 Å². The minimum absolute atomic E-state index is 0. The Kier molecular flexibility index (Phi) is 13.8. The van der Waals surface area contributed by atoms with Crippen LogP contribution in [-0.2, 0) is 17.1 Å². The molecule has 6 nitrogen and oxygen atoms in total. The van der Waals surface area contributed by atoms with Gasteiger partial charge in [0.15, 0.2) is 5.11 Å². The molecule has 0 aliphatic heterocycles. The summed E-state index contributed by atoms with van der Waals surface area (Å²) in [5.74, 6) is -2.26. The summed E-state index contributed by atoms with van der Waals surface area (Å²) in [7, 11) is 0. The van der Waals surface area contributed by atoms with E-state index < -0.39 is 11.9 Å². The van der Waals surface area contributed by atoms with Gasteiger partial charge in [-0.3, -0.25) is 0 Å². The number of rotatable bonds is 4. The minimum Gasteiger partial charge on any atom is -0.545 e. The van der Waals surface area contributed by atoms with E-state index >= 15 is 0 Å². The van der Waals surface area contributed by atoms with Crippen molar-refractivity contribution in [1.29, 1.82) is 0 Å². The molecule has 0 fully saturated rings. The standard InChI is InChI=1S/C13H12N2S.2C7H6O2.Cu/c16-13(14-11-7-3-1-4-8-11)15-12-9-5-2-6-10-12;2*8-7(9)6-4-2-1-3-5-6;/h1-10H,(H2,14,15,16);2*1-5H,(H,8,9);/q;;;+2/p-2. The first-order valence-electron chi connectivity index (χ1n) is 10.2. The number of carbonyl (C=O) groups is 2. The maximum absolute atomic E-state index is 10.1. The fourth-order valence-electron chi connectivity index (χ4n) is 2.48. The zero-order chi connectivity index (χ0) is 24.6. The van der Waals surface area contributed by atoms with Crippen LogP contribution in [0.15, 0.2) is 121 Å². The van der Waals surface area contributed by atoms with Gasteiger partial charge in [-0.2, -0.15) is 0 Å². The first-order chi connectivity index (χ1) is 16.5. The van der Waals surface area contributed by atoms with Gasteiger partial charge in [-0.1, -0.05) is 97.1 Å². The number of nitrogens with one attached hydrogen (secondary N) is 2. The predicted molar refractivity (Wildman–Crippen MR) is 134 cm³/mol. The van der Waals surface area contributed by atoms with Crippen molar-refractivity contribution in [2.45, 2.75) is 0 Å². The molecule has 4 aromatic carbocycles. The van der Waals surface area contributed by atoms with Gasteiger partial charge in [0, 0.05) is 11.4 Å². The average molecular weight is 534 g/mol. The number of carbonyl (C=O) groups excluding carboxylic acids is 2. The summed E-state index contributed by atoms with van der Waals surface area (Å²) < 4.78 is 0. The number of benzene rings is 4. The van der Waals surface area contributed by atoms with E-state index in [9.17, 15) is 19.8 Å². The summed E-state index contributed by atoms with van der Waals surface area (Å²) in [4.78, 5) is 20.2. The van der Waals surface area contributed by atoms with Gasteiger partial charge in [0.2, 0.25) is 0 Å². The summed E-state index contributed by atoms with van der Waals surface area (Å²) in [6.45, 7) is 0. The van der Waals surface area contributed by atoms with Crippen LogP contribution in [0.1, 0.15) is 20.7 Å². The molecule has 0 saturated heterocycles.